The molecule has 0 spiro atoms. The van der Waals surface area contributed by atoms with Gasteiger partial charge in [0.15, 0.2) is 0 Å². The van der Waals surface area contributed by atoms with Crippen LogP contribution in [0.2, 0.25) is 0 Å². The van der Waals surface area contributed by atoms with Gasteiger partial charge < -0.3 is 21.6 Å². The molecule has 5 N–H and O–H groups in total. The Morgan fingerprint density at radius 2 is 2.19 bits per heavy atom. The number of unbranched alkanes of at least 4 members (excludes halogenated alkanes) is 1. The van der Waals surface area contributed by atoms with Crippen LogP contribution in [-0.4, -0.2) is 29.7 Å². The molecule has 0 aliphatic carbocycles. The van der Waals surface area contributed by atoms with Crippen molar-refractivity contribution in [3.05, 3.63) is 0 Å². The van der Waals surface area contributed by atoms with Crippen molar-refractivity contribution in [3.63, 3.8) is 0 Å². The number of oxime groups is 1. The Kier molecular flexibility index (Phi) is 8.01. The third-order valence-corrected chi connectivity index (χ3v) is 2.23. The van der Waals surface area contributed by atoms with Gasteiger partial charge in [0, 0.05) is 19.0 Å². The van der Waals surface area contributed by atoms with Gasteiger partial charge in [0.2, 0.25) is 0 Å². The predicted octanol–water partition coefficient (Wildman–Crippen LogP) is 1.00. The largest absolute Gasteiger partial charge is 0.409 e. The highest BCUT2D eigenvalue weighted by molar-refractivity contribution is 5.81. The number of amidine groups is 1. The molecule has 0 aromatic heterocycles. The van der Waals surface area contributed by atoms with Gasteiger partial charge in [-0.1, -0.05) is 25.4 Å². The topological polar surface area (TPSA) is 99.7 Å². The van der Waals surface area contributed by atoms with Crippen molar-refractivity contribution in [1.29, 1.82) is 0 Å². The first-order chi connectivity index (χ1) is 7.63. The SMILES string of the molecule is CCCCNC(=O)NC(CC)CC(N)=NO. The number of carbonyl (C=O) groups is 1. The van der Waals surface area contributed by atoms with E-state index in [2.05, 4.69) is 22.7 Å². The number of nitrogens with zero attached hydrogens (tertiary/aromatic N) is 1. The van der Waals surface area contributed by atoms with Gasteiger partial charge in [-0.15, -0.1) is 0 Å². The lowest BCUT2D eigenvalue weighted by Crippen LogP contribution is -2.43. The quantitative estimate of drug-likeness (QED) is 0.172. The van der Waals surface area contributed by atoms with Crippen molar-refractivity contribution in [3.8, 4) is 0 Å². The zero-order valence-corrected chi connectivity index (χ0v) is 9.99. The van der Waals surface area contributed by atoms with E-state index in [1.54, 1.807) is 0 Å². The molecular weight excluding hydrogens is 208 g/mol. The summed E-state index contributed by atoms with van der Waals surface area (Å²) in [7, 11) is 0. The van der Waals surface area contributed by atoms with E-state index < -0.39 is 0 Å². The van der Waals surface area contributed by atoms with Gasteiger partial charge in [-0.25, -0.2) is 4.79 Å². The summed E-state index contributed by atoms with van der Waals surface area (Å²) >= 11 is 0. The van der Waals surface area contributed by atoms with Gasteiger partial charge in [-0.05, 0) is 12.8 Å². The number of nitrogens with one attached hydrogen (secondary N) is 2. The van der Waals surface area contributed by atoms with Crippen LogP contribution >= 0.6 is 0 Å². The highest BCUT2D eigenvalue weighted by atomic mass is 16.4. The summed E-state index contributed by atoms with van der Waals surface area (Å²) in [6.07, 6.45) is 3.09. The Morgan fingerprint density at radius 1 is 1.50 bits per heavy atom. The molecule has 0 aliphatic rings. The molecule has 6 nitrogen and oxygen atoms in total. The lowest BCUT2D eigenvalue weighted by Gasteiger charge is -2.16. The maximum atomic E-state index is 11.4. The Balaban J connectivity index is 3.88. The second-order valence-electron chi connectivity index (χ2n) is 3.65. The first-order valence-electron chi connectivity index (χ1n) is 5.64. The summed E-state index contributed by atoms with van der Waals surface area (Å²) in [6, 6.07) is -0.302. The maximum Gasteiger partial charge on any atom is 0.315 e. The number of carbonyl (C=O) groups excluding carboxylic acids is 1. The van der Waals surface area contributed by atoms with E-state index >= 15 is 0 Å². The number of hydrogen-bond acceptors (Lipinski definition) is 3. The molecular formula is C10H22N4O2. The molecule has 1 unspecified atom stereocenters. The number of urea groups is 1. The first-order valence-corrected chi connectivity index (χ1v) is 5.64. The van der Waals surface area contributed by atoms with Crippen LogP contribution in [-0.2, 0) is 0 Å². The molecule has 0 aromatic rings. The van der Waals surface area contributed by atoms with E-state index in [1.807, 2.05) is 6.92 Å². The van der Waals surface area contributed by atoms with Gasteiger partial charge in [-0.2, -0.15) is 0 Å². The van der Waals surface area contributed by atoms with Gasteiger partial charge >= 0.3 is 6.03 Å². The van der Waals surface area contributed by atoms with Crippen molar-refractivity contribution in [2.24, 2.45) is 10.9 Å². The normalized spacial score (nSPS) is 13.2. The van der Waals surface area contributed by atoms with E-state index in [0.717, 1.165) is 19.3 Å². The second kappa shape index (κ2) is 8.82. The average molecular weight is 230 g/mol. The van der Waals surface area contributed by atoms with Crippen LogP contribution < -0.4 is 16.4 Å². The summed E-state index contributed by atoms with van der Waals surface area (Å²) in [4.78, 5) is 11.4. The molecule has 0 radical (unpaired) electrons. The Labute approximate surface area is 96.3 Å². The average Bonchev–Trinajstić information content (AvgIpc) is 2.28. The van der Waals surface area contributed by atoms with Crippen LogP contribution in [0.1, 0.15) is 39.5 Å². The van der Waals surface area contributed by atoms with Crippen molar-refractivity contribution in [2.45, 2.75) is 45.6 Å². The van der Waals surface area contributed by atoms with Crippen molar-refractivity contribution >= 4 is 11.9 Å². The van der Waals surface area contributed by atoms with Gasteiger partial charge in [-0.3, -0.25) is 0 Å². The smallest absolute Gasteiger partial charge is 0.315 e. The van der Waals surface area contributed by atoms with E-state index in [4.69, 9.17) is 10.9 Å². The molecule has 0 aromatic carbocycles. The molecule has 0 saturated heterocycles. The van der Waals surface area contributed by atoms with Gasteiger partial charge in [0.1, 0.15) is 5.84 Å². The standard InChI is InChI=1S/C10H22N4O2/c1-3-5-6-12-10(15)13-8(4-2)7-9(11)14-16/h8,16H,3-7H2,1-2H3,(H2,11,14)(H2,12,13,15). The van der Waals surface area contributed by atoms with Crippen LogP contribution in [0.25, 0.3) is 0 Å². The lowest BCUT2D eigenvalue weighted by atomic mass is 10.1. The summed E-state index contributed by atoms with van der Waals surface area (Å²) in [5.74, 6) is 0.126. The summed E-state index contributed by atoms with van der Waals surface area (Å²) in [5.41, 5.74) is 5.38. The summed E-state index contributed by atoms with van der Waals surface area (Å²) in [5, 5.41) is 16.8. The molecule has 1 atom stereocenters. The van der Waals surface area contributed by atoms with Crippen LogP contribution in [0.5, 0.6) is 0 Å². The van der Waals surface area contributed by atoms with E-state index in [1.165, 1.54) is 0 Å². The zero-order valence-electron chi connectivity index (χ0n) is 9.99. The van der Waals surface area contributed by atoms with Crippen LogP contribution in [0.3, 0.4) is 0 Å². The fraction of sp³-hybridized carbons (Fsp3) is 0.800. The highest BCUT2D eigenvalue weighted by Crippen LogP contribution is 1.97. The molecule has 0 fully saturated rings. The Morgan fingerprint density at radius 3 is 2.69 bits per heavy atom. The van der Waals surface area contributed by atoms with E-state index in [9.17, 15) is 4.79 Å². The molecule has 94 valence electrons. The van der Waals surface area contributed by atoms with Crippen LogP contribution in [0, 0.1) is 0 Å². The minimum absolute atomic E-state index is 0.0995. The number of rotatable bonds is 7. The Bertz CT molecular complexity index is 231. The van der Waals surface area contributed by atoms with Gasteiger partial charge in [0.25, 0.3) is 0 Å². The number of hydrogen-bond donors (Lipinski definition) is 4. The number of nitrogens with two attached hydrogens (primary N) is 1. The molecule has 0 saturated carbocycles. The van der Waals surface area contributed by atoms with Gasteiger partial charge in [0.05, 0.1) is 0 Å². The molecule has 0 heterocycles. The van der Waals surface area contributed by atoms with Crippen molar-refractivity contribution in [2.75, 3.05) is 6.54 Å². The fourth-order valence-corrected chi connectivity index (χ4v) is 1.21. The third-order valence-electron chi connectivity index (χ3n) is 2.23. The molecule has 0 bridgehead atoms. The molecule has 6 heteroatoms. The molecule has 0 aliphatic heterocycles. The van der Waals surface area contributed by atoms with Crippen molar-refractivity contribution < 1.29 is 10.0 Å². The van der Waals surface area contributed by atoms with Crippen LogP contribution in [0.4, 0.5) is 4.79 Å². The monoisotopic (exact) mass is 230 g/mol. The lowest BCUT2D eigenvalue weighted by molar-refractivity contribution is 0.236. The molecule has 0 rings (SSSR count). The van der Waals surface area contributed by atoms with Crippen molar-refractivity contribution in [1.82, 2.24) is 10.6 Å². The maximum absolute atomic E-state index is 11.4. The van der Waals surface area contributed by atoms with E-state index in [-0.39, 0.29) is 17.9 Å². The summed E-state index contributed by atoms with van der Waals surface area (Å²) < 4.78 is 0. The zero-order chi connectivity index (χ0) is 12.4. The number of amides is 2. The predicted molar refractivity (Wildman–Crippen MR) is 63.5 cm³/mol. The molecule has 16 heavy (non-hydrogen) atoms. The van der Waals surface area contributed by atoms with Crippen LogP contribution in [0.15, 0.2) is 5.16 Å². The summed E-state index contributed by atoms with van der Waals surface area (Å²) in [6.45, 7) is 4.66. The third kappa shape index (κ3) is 6.92. The fourth-order valence-electron chi connectivity index (χ4n) is 1.21. The Hall–Kier alpha value is -1.46. The minimum Gasteiger partial charge on any atom is -0.409 e. The van der Waals surface area contributed by atoms with E-state index in [0.29, 0.717) is 13.0 Å². The second-order valence-corrected chi connectivity index (χ2v) is 3.65. The minimum atomic E-state index is -0.203. The first kappa shape index (κ1) is 14.5. The highest BCUT2D eigenvalue weighted by Gasteiger charge is 2.11. The molecule has 2 amide bonds.